The van der Waals surface area contributed by atoms with Gasteiger partial charge in [0.15, 0.2) is 27.8 Å². The number of hydrogen-bond donors (Lipinski definition) is 0. The molecule has 2 aliphatic rings. The Morgan fingerprint density at radius 1 is 0.229 bits per heavy atom. The highest BCUT2D eigenvalue weighted by molar-refractivity contribution is 7.22. The summed E-state index contributed by atoms with van der Waals surface area (Å²) in [5.41, 5.74) is 10.9. The number of hydrogen-bond acceptors (Lipinski definition) is 3. The van der Waals surface area contributed by atoms with Crippen LogP contribution in [0.5, 0.6) is 0 Å². The van der Waals surface area contributed by atoms with Gasteiger partial charge in [0.2, 0.25) is 5.95 Å². The fourth-order valence-corrected chi connectivity index (χ4v) is 25.4. The van der Waals surface area contributed by atoms with Crippen molar-refractivity contribution in [2.45, 2.75) is 0 Å². The summed E-state index contributed by atoms with van der Waals surface area (Å²) in [4.78, 5) is 17.7. The van der Waals surface area contributed by atoms with Crippen LogP contribution in [0.3, 0.4) is 0 Å². The standard InChI is InChI=1S/C75H48N6Si2/c1-5-25-49(26-6-1)82(50-27-7-2-8-28-50)65-45-21-37-57-55-35-15-19-43-63(55)80(69(57)65)71-59(39-23-47-67(71)82)73-76-74(78-75(77-73)79-61-41-17-13-33-53(61)54-34-14-18-42-62(54)79)60-40-24-48-68-72(60)81-64-44-20-16-36-56(64)58-38-22-46-66(70(58)81)83(68,51-29-9-3-10-30-51)52-31-11-4-12-32-52/h1-48H. The minimum absolute atomic E-state index is 0.555. The van der Waals surface area contributed by atoms with Gasteiger partial charge in [-0.15, -0.1) is 0 Å². The summed E-state index contributed by atoms with van der Waals surface area (Å²) in [7, 11) is -6.25. The molecule has 18 rings (SSSR count). The number of aromatic nitrogens is 6. The molecule has 0 fully saturated rings. The van der Waals surface area contributed by atoms with Gasteiger partial charge in [-0.2, -0.15) is 9.97 Å². The van der Waals surface area contributed by atoms with Crippen molar-refractivity contribution in [3.63, 3.8) is 0 Å². The van der Waals surface area contributed by atoms with Crippen LogP contribution in [0.4, 0.5) is 0 Å². The van der Waals surface area contributed by atoms with E-state index in [2.05, 4.69) is 305 Å². The van der Waals surface area contributed by atoms with Gasteiger partial charge in [-0.3, -0.25) is 4.57 Å². The van der Waals surface area contributed by atoms with E-state index in [0.717, 1.165) is 55.3 Å². The van der Waals surface area contributed by atoms with Crippen LogP contribution in [-0.2, 0) is 0 Å². The van der Waals surface area contributed by atoms with Crippen molar-refractivity contribution in [1.82, 2.24) is 28.7 Å². The Morgan fingerprint density at radius 3 is 0.892 bits per heavy atom. The zero-order chi connectivity index (χ0) is 54.4. The molecular weight excluding hydrogens is 1040 g/mol. The second-order valence-electron chi connectivity index (χ2n) is 22.1. The third kappa shape index (κ3) is 6.12. The van der Waals surface area contributed by atoms with E-state index in [4.69, 9.17) is 15.0 Å². The zero-order valence-corrected chi connectivity index (χ0v) is 46.9. The molecule has 6 heterocycles. The molecule has 0 spiro atoms. The molecule has 386 valence electrons. The van der Waals surface area contributed by atoms with Crippen molar-refractivity contribution in [3.05, 3.63) is 291 Å². The summed E-state index contributed by atoms with van der Waals surface area (Å²) < 4.78 is 7.37. The summed E-state index contributed by atoms with van der Waals surface area (Å²) in [5, 5.41) is 17.7. The lowest BCUT2D eigenvalue weighted by Crippen LogP contribution is -2.76. The summed E-state index contributed by atoms with van der Waals surface area (Å²) in [6.07, 6.45) is 0. The Balaban J connectivity index is 1.02. The third-order valence-electron chi connectivity index (χ3n) is 18.2. The van der Waals surface area contributed by atoms with Crippen molar-refractivity contribution in [2.75, 3.05) is 0 Å². The smallest absolute Gasteiger partial charge is 0.238 e. The van der Waals surface area contributed by atoms with Crippen LogP contribution in [-0.4, -0.2) is 44.8 Å². The third-order valence-corrected chi connectivity index (χ3v) is 27.9. The molecule has 0 saturated carbocycles. The number of nitrogens with zero attached hydrogens (tertiary/aromatic N) is 6. The van der Waals surface area contributed by atoms with Crippen molar-refractivity contribution in [1.29, 1.82) is 0 Å². The SMILES string of the molecule is c1ccc([Si]2(c3ccccc3)c3cccc(-c4nc(-c5cccc6c5-n5c7ccccc7c7cccc(c75)[Si]6(c5ccccc5)c5ccccc5)nc(-n5c6ccccc6c6ccccc65)n4)c3-n3c4ccccc4c4cccc2c43)cc1. The Morgan fingerprint density at radius 2 is 0.518 bits per heavy atom. The van der Waals surface area contributed by atoms with Crippen LogP contribution >= 0.6 is 0 Å². The van der Waals surface area contributed by atoms with Gasteiger partial charge in [0.05, 0.1) is 44.5 Å². The lowest BCUT2D eigenvalue weighted by atomic mass is 10.1. The van der Waals surface area contributed by atoms with Crippen LogP contribution in [0, 0.1) is 0 Å². The molecule has 0 bridgehead atoms. The molecule has 0 unspecified atom stereocenters. The van der Waals surface area contributed by atoms with E-state index < -0.39 is 16.1 Å². The van der Waals surface area contributed by atoms with Crippen LogP contribution in [0.1, 0.15) is 0 Å². The molecule has 0 atom stereocenters. The van der Waals surface area contributed by atoms with E-state index in [9.17, 15) is 0 Å². The average Bonchev–Trinajstić information content (AvgIpc) is 2.09. The highest BCUT2D eigenvalue weighted by Crippen LogP contribution is 2.42. The highest BCUT2D eigenvalue weighted by Gasteiger charge is 2.50. The van der Waals surface area contributed by atoms with Gasteiger partial charge in [-0.05, 0) is 77.9 Å². The lowest BCUT2D eigenvalue weighted by Gasteiger charge is -2.40. The largest absolute Gasteiger partial charge is 0.309 e. The fourth-order valence-electron chi connectivity index (χ4n) is 15.1. The van der Waals surface area contributed by atoms with Crippen LogP contribution in [0.25, 0.3) is 106 Å². The van der Waals surface area contributed by atoms with E-state index >= 15 is 0 Å². The van der Waals surface area contributed by atoms with Gasteiger partial charge in [0.1, 0.15) is 0 Å². The number of para-hydroxylation sites is 8. The monoisotopic (exact) mass is 1090 g/mol. The van der Waals surface area contributed by atoms with Gasteiger partial charge in [0.25, 0.3) is 0 Å². The molecule has 12 aromatic carbocycles. The maximum Gasteiger partial charge on any atom is 0.238 e. The zero-order valence-electron chi connectivity index (χ0n) is 44.9. The first kappa shape index (κ1) is 46.3. The van der Waals surface area contributed by atoms with Gasteiger partial charge in [0, 0.05) is 43.4 Å². The van der Waals surface area contributed by atoms with Crippen LogP contribution < -0.4 is 41.5 Å². The minimum atomic E-state index is -3.13. The van der Waals surface area contributed by atoms with Crippen LogP contribution in [0.2, 0.25) is 0 Å². The normalized spacial score (nSPS) is 13.7. The van der Waals surface area contributed by atoms with Crippen molar-refractivity contribution >= 4 is 123 Å². The molecule has 16 aromatic rings. The number of fused-ring (bicyclic) bond motifs is 13. The van der Waals surface area contributed by atoms with E-state index in [1.807, 2.05) is 0 Å². The topological polar surface area (TPSA) is 53.5 Å². The second kappa shape index (κ2) is 17.5. The van der Waals surface area contributed by atoms with Crippen LogP contribution in [0.15, 0.2) is 291 Å². The molecule has 2 aliphatic heterocycles. The Hall–Kier alpha value is -10.5. The lowest BCUT2D eigenvalue weighted by molar-refractivity contribution is 0.950. The van der Waals surface area contributed by atoms with E-state index in [-0.39, 0.29) is 0 Å². The predicted molar refractivity (Wildman–Crippen MR) is 348 cm³/mol. The Bertz CT molecular complexity index is 4930. The van der Waals surface area contributed by atoms with Gasteiger partial charge < -0.3 is 9.13 Å². The quantitative estimate of drug-likeness (QED) is 0.149. The van der Waals surface area contributed by atoms with Gasteiger partial charge in [-0.1, -0.05) is 255 Å². The van der Waals surface area contributed by atoms with Crippen molar-refractivity contribution in [3.8, 4) is 40.1 Å². The predicted octanol–water partition coefficient (Wildman–Crippen LogP) is 11.9. The average molecular weight is 1090 g/mol. The Labute approximate surface area is 480 Å². The van der Waals surface area contributed by atoms with Crippen molar-refractivity contribution in [2.24, 2.45) is 0 Å². The maximum absolute atomic E-state index is 5.98. The molecule has 0 amide bonds. The van der Waals surface area contributed by atoms with Gasteiger partial charge in [-0.25, -0.2) is 4.98 Å². The first-order valence-corrected chi connectivity index (χ1v) is 32.5. The molecule has 0 aliphatic carbocycles. The molecule has 8 heteroatoms. The second-order valence-corrected chi connectivity index (χ2v) is 29.6. The summed E-state index contributed by atoms with van der Waals surface area (Å²) in [6.45, 7) is 0. The molecule has 83 heavy (non-hydrogen) atoms. The first-order valence-electron chi connectivity index (χ1n) is 28.5. The summed E-state index contributed by atoms with van der Waals surface area (Å²) in [6, 6.07) is 108. The first-order chi connectivity index (χ1) is 41.2. The number of benzene rings is 12. The molecular formula is C75H48N6Si2. The molecule has 0 saturated heterocycles. The van der Waals surface area contributed by atoms with Gasteiger partial charge >= 0.3 is 0 Å². The minimum Gasteiger partial charge on any atom is -0.309 e. The fraction of sp³-hybridized carbons (Fsp3) is 0. The number of rotatable bonds is 7. The van der Waals surface area contributed by atoms with E-state index in [1.165, 1.54) is 74.1 Å². The molecule has 4 aromatic heterocycles. The maximum atomic E-state index is 5.98. The molecule has 6 nitrogen and oxygen atoms in total. The van der Waals surface area contributed by atoms with Crippen molar-refractivity contribution < 1.29 is 0 Å². The van der Waals surface area contributed by atoms with E-state index in [1.54, 1.807) is 0 Å². The Kier molecular flexibility index (Phi) is 9.75. The summed E-state index contributed by atoms with van der Waals surface area (Å²) >= 11 is 0. The van der Waals surface area contributed by atoms with E-state index in [0.29, 0.717) is 17.6 Å². The molecule has 0 N–H and O–H groups in total. The molecule has 0 radical (unpaired) electrons. The summed E-state index contributed by atoms with van der Waals surface area (Å²) in [5.74, 6) is 1.76. The highest BCUT2D eigenvalue weighted by atomic mass is 28.3.